The van der Waals surface area contributed by atoms with Crippen LogP contribution in [0.2, 0.25) is 0 Å². The monoisotopic (exact) mass is 541 g/mol. The average molecular weight is 542 g/mol. The van der Waals surface area contributed by atoms with Gasteiger partial charge in [0.25, 0.3) is 5.91 Å². The van der Waals surface area contributed by atoms with Crippen LogP contribution in [-0.2, 0) is 10.0 Å². The molecule has 5 rings (SSSR count). The van der Waals surface area contributed by atoms with E-state index in [0.29, 0.717) is 40.4 Å². The lowest BCUT2D eigenvalue weighted by Gasteiger charge is -2.43. The maximum Gasteiger partial charge on any atom is 0.257 e. The molecule has 1 N–H and O–H groups in total. The number of anilines is 1. The SMILES string of the molecule is COc1ccc(OC)c(-c2csc(NC(=O)c3ccc(S(=O)(=O)N4CCCC5CCCCC54)cc3)n2)c1. The van der Waals surface area contributed by atoms with Crippen molar-refractivity contribution in [2.24, 2.45) is 5.92 Å². The molecule has 2 aromatic carbocycles. The highest BCUT2D eigenvalue weighted by molar-refractivity contribution is 7.89. The molecule has 8 nitrogen and oxygen atoms in total. The summed E-state index contributed by atoms with van der Waals surface area (Å²) in [7, 11) is -0.427. The normalized spacial score (nSPS) is 20.2. The Morgan fingerprint density at radius 1 is 1.03 bits per heavy atom. The molecular formula is C27H31N3O5S2. The number of amides is 1. The molecule has 37 heavy (non-hydrogen) atoms. The maximum absolute atomic E-state index is 13.4. The van der Waals surface area contributed by atoms with E-state index in [1.54, 1.807) is 42.8 Å². The molecule has 1 aliphatic heterocycles. The molecule has 1 aromatic heterocycles. The van der Waals surface area contributed by atoms with Crippen LogP contribution in [0.5, 0.6) is 11.5 Å². The molecule has 2 atom stereocenters. The summed E-state index contributed by atoms with van der Waals surface area (Å²) in [6.07, 6.45) is 6.32. The van der Waals surface area contributed by atoms with Crippen LogP contribution in [-0.4, -0.2) is 50.4 Å². The second-order valence-electron chi connectivity index (χ2n) is 9.45. The number of carbonyl (C=O) groups excluding carboxylic acids is 1. The molecule has 1 aliphatic carbocycles. The number of hydrogen-bond acceptors (Lipinski definition) is 7. The minimum Gasteiger partial charge on any atom is -0.497 e. The van der Waals surface area contributed by atoms with Crippen molar-refractivity contribution >= 4 is 32.4 Å². The third kappa shape index (κ3) is 5.23. The lowest BCUT2D eigenvalue weighted by Crippen LogP contribution is -2.49. The first-order valence-corrected chi connectivity index (χ1v) is 14.8. The van der Waals surface area contributed by atoms with Crippen LogP contribution in [0.25, 0.3) is 11.3 Å². The molecule has 0 bridgehead atoms. The van der Waals surface area contributed by atoms with Crippen molar-refractivity contribution in [1.82, 2.24) is 9.29 Å². The van der Waals surface area contributed by atoms with Crippen LogP contribution in [0.3, 0.4) is 0 Å². The standard InChI is InChI=1S/C27H31N3O5S2/c1-34-20-11-14-25(35-2)22(16-20)23-17-36-27(28-23)29-26(31)19-9-12-21(13-10-19)37(32,33)30-15-5-7-18-6-3-4-8-24(18)30/h9-14,16-18,24H,3-8,15H2,1-2H3,(H,28,29,31). The Labute approximate surface area is 221 Å². The first kappa shape index (κ1) is 25.7. The molecule has 1 saturated heterocycles. The van der Waals surface area contributed by atoms with Crippen molar-refractivity contribution in [2.75, 3.05) is 26.1 Å². The lowest BCUT2D eigenvalue weighted by molar-refractivity contribution is 0.102. The van der Waals surface area contributed by atoms with Gasteiger partial charge in [0.15, 0.2) is 5.13 Å². The molecule has 2 heterocycles. The molecule has 0 radical (unpaired) electrons. The highest BCUT2D eigenvalue weighted by atomic mass is 32.2. The van der Waals surface area contributed by atoms with Gasteiger partial charge in [0, 0.05) is 29.1 Å². The molecule has 0 spiro atoms. The number of sulfonamides is 1. The number of piperidine rings is 1. The van der Waals surface area contributed by atoms with Gasteiger partial charge in [-0.15, -0.1) is 11.3 Å². The Kier molecular flexibility index (Phi) is 7.50. The molecule has 1 amide bonds. The zero-order valence-corrected chi connectivity index (χ0v) is 22.6. The van der Waals surface area contributed by atoms with Crippen molar-refractivity contribution in [3.63, 3.8) is 0 Å². The quantitative estimate of drug-likeness (QED) is 0.429. The molecule has 2 fully saturated rings. The van der Waals surface area contributed by atoms with Gasteiger partial charge in [0.2, 0.25) is 10.0 Å². The van der Waals surface area contributed by atoms with E-state index in [1.165, 1.54) is 29.9 Å². The van der Waals surface area contributed by atoms with E-state index in [2.05, 4.69) is 10.3 Å². The predicted molar refractivity (Wildman–Crippen MR) is 144 cm³/mol. The number of methoxy groups -OCH3 is 2. The summed E-state index contributed by atoms with van der Waals surface area (Å²) in [6.45, 7) is 0.566. The molecule has 196 valence electrons. The van der Waals surface area contributed by atoms with Crippen LogP contribution < -0.4 is 14.8 Å². The number of aromatic nitrogens is 1. The van der Waals surface area contributed by atoms with E-state index in [9.17, 15) is 13.2 Å². The van der Waals surface area contributed by atoms with Gasteiger partial charge in [0.1, 0.15) is 11.5 Å². The van der Waals surface area contributed by atoms with Crippen molar-refractivity contribution < 1.29 is 22.7 Å². The summed E-state index contributed by atoms with van der Waals surface area (Å²) < 4.78 is 39.4. The van der Waals surface area contributed by atoms with Crippen LogP contribution in [0.15, 0.2) is 52.7 Å². The number of fused-ring (bicyclic) bond motifs is 1. The zero-order chi connectivity index (χ0) is 26.0. The fourth-order valence-electron chi connectivity index (χ4n) is 5.43. The van der Waals surface area contributed by atoms with E-state index >= 15 is 0 Å². The number of rotatable bonds is 7. The third-order valence-electron chi connectivity index (χ3n) is 7.32. The van der Waals surface area contributed by atoms with Crippen LogP contribution >= 0.6 is 11.3 Å². The number of carbonyl (C=O) groups is 1. The molecule has 1 saturated carbocycles. The predicted octanol–water partition coefficient (Wildman–Crippen LogP) is 5.42. The second-order valence-corrected chi connectivity index (χ2v) is 12.2. The highest BCUT2D eigenvalue weighted by Gasteiger charge is 2.39. The molecular weight excluding hydrogens is 510 g/mol. The first-order chi connectivity index (χ1) is 17.9. The van der Waals surface area contributed by atoms with Crippen LogP contribution in [0, 0.1) is 5.92 Å². The Morgan fingerprint density at radius 2 is 1.78 bits per heavy atom. The lowest BCUT2D eigenvalue weighted by atomic mass is 9.79. The third-order valence-corrected chi connectivity index (χ3v) is 10.0. The Morgan fingerprint density at radius 3 is 2.54 bits per heavy atom. The second kappa shape index (κ2) is 10.8. The van der Waals surface area contributed by atoms with Gasteiger partial charge < -0.3 is 9.47 Å². The Bertz CT molecular complexity index is 1370. The van der Waals surface area contributed by atoms with Crippen molar-refractivity contribution in [3.05, 3.63) is 53.4 Å². The van der Waals surface area contributed by atoms with Gasteiger partial charge in [-0.05, 0) is 74.1 Å². The summed E-state index contributed by atoms with van der Waals surface area (Å²) in [6, 6.07) is 11.7. The van der Waals surface area contributed by atoms with Crippen LogP contribution in [0.1, 0.15) is 48.9 Å². The molecule has 10 heteroatoms. The van der Waals surface area contributed by atoms with Gasteiger partial charge in [-0.3, -0.25) is 10.1 Å². The Balaban J connectivity index is 1.30. The van der Waals surface area contributed by atoms with Crippen molar-refractivity contribution in [1.29, 1.82) is 0 Å². The van der Waals surface area contributed by atoms with Crippen molar-refractivity contribution in [2.45, 2.75) is 49.5 Å². The molecule has 2 unspecified atom stereocenters. The maximum atomic E-state index is 13.4. The summed E-state index contributed by atoms with van der Waals surface area (Å²) in [5, 5.41) is 5.07. The fraction of sp³-hybridized carbons (Fsp3) is 0.407. The number of ether oxygens (including phenoxy) is 2. The van der Waals surface area contributed by atoms with Gasteiger partial charge in [-0.1, -0.05) is 12.8 Å². The van der Waals surface area contributed by atoms with E-state index in [1.807, 2.05) is 11.4 Å². The summed E-state index contributed by atoms with van der Waals surface area (Å²) in [4.78, 5) is 17.7. The minimum atomic E-state index is -3.60. The largest absolute Gasteiger partial charge is 0.497 e. The fourth-order valence-corrected chi connectivity index (χ4v) is 7.89. The Hall–Kier alpha value is -2.95. The van der Waals surface area contributed by atoms with Crippen LogP contribution in [0.4, 0.5) is 5.13 Å². The van der Waals surface area contributed by atoms with E-state index < -0.39 is 10.0 Å². The number of nitrogens with zero attached hydrogens (tertiary/aromatic N) is 2. The summed E-state index contributed by atoms with van der Waals surface area (Å²) in [5.41, 5.74) is 1.77. The van der Waals surface area contributed by atoms with Gasteiger partial charge >= 0.3 is 0 Å². The summed E-state index contributed by atoms with van der Waals surface area (Å²) >= 11 is 1.29. The topological polar surface area (TPSA) is 97.8 Å². The van der Waals surface area contributed by atoms with E-state index in [-0.39, 0.29) is 16.8 Å². The molecule has 2 aliphatic rings. The average Bonchev–Trinajstić information content (AvgIpc) is 3.40. The van der Waals surface area contributed by atoms with Gasteiger partial charge in [-0.2, -0.15) is 4.31 Å². The highest BCUT2D eigenvalue weighted by Crippen LogP contribution is 2.38. The summed E-state index contributed by atoms with van der Waals surface area (Å²) in [5.74, 6) is 1.43. The number of hydrogen-bond donors (Lipinski definition) is 1. The van der Waals surface area contributed by atoms with Crippen molar-refractivity contribution in [3.8, 4) is 22.8 Å². The van der Waals surface area contributed by atoms with E-state index in [0.717, 1.165) is 37.7 Å². The number of nitrogens with one attached hydrogen (secondary N) is 1. The molecule has 3 aromatic rings. The van der Waals surface area contributed by atoms with Gasteiger partial charge in [0.05, 0.1) is 24.8 Å². The minimum absolute atomic E-state index is 0.0952. The number of benzene rings is 2. The van der Waals surface area contributed by atoms with E-state index in [4.69, 9.17) is 9.47 Å². The first-order valence-electron chi connectivity index (χ1n) is 12.5. The zero-order valence-electron chi connectivity index (χ0n) is 21.0. The number of thiazole rings is 1. The smallest absolute Gasteiger partial charge is 0.257 e. The van der Waals surface area contributed by atoms with Gasteiger partial charge in [-0.25, -0.2) is 13.4 Å².